The maximum absolute atomic E-state index is 15.3. The number of carbonyl (C=O) groups excluding carboxylic acids is 1. The van der Waals surface area contributed by atoms with Gasteiger partial charge in [-0.3, -0.25) is 14.6 Å². The Balaban J connectivity index is 1.46. The van der Waals surface area contributed by atoms with Gasteiger partial charge >= 0.3 is 0 Å². The molecule has 0 fully saturated rings. The molecule has 0 unspecified atom stereocenters. The number of methoxy groups -OCH3 is 2. The van der Waals surface area contributed by atoms with Crippen LogP contribution < -0.4 is 19.6 Å². The molecule has 0 saturated heterocycles. The summed E-state index contributed by atoms with van der Waals surface area (Å²) in [4.78, 5) is 35.9. The van der Waals surface area contributed by atoms with Gasteiger partial charge in [0.2, 0.25) is 0 Å². The fraction of sp³-hybridized carbons (Fsp3) is 0.235. The molecule has 44 heavy (non-hydrogen) atoms. The molecule has 3 heterocycles. The van der Waals surface area contributed by atoms with Crippen molar-refractivity contribution in [1.29, 1.82) is 0 Å². The van der Waals surface area contributed by atoms with Gasteiger partial charge in [0.1, 0.15) is 11.3 Å². The Labute approximate surface area is 252 Å². The second kappa shape index (κ2) is 12.2. The Bertz CT molecular complexity index is 1970. The summed E-state index contributed by atoms with van der Waals surface area (Å²) >= 11 is 0. The number of rotatable bonds is 9. The zero-order chi connectivity index (χ0) is 31.7. The second-order valence-electron chi connectivity index (χ2n) is 10.6. The second-order valence-corrected chi connectivity index (χ2v) is 10.6. The van der Waals surface area contributed by atoms with Crippen LogP contribution in [0.15, 0.2) is 65.7 Å². The Morgan fingerprint density at radius 2 is 1.73 bits per heavy atom. The number of hydrogen-bond acceptors (Lipinski definition) is 7. The van der Waals surface area contributed by atoms with Crippen molar-refractivity contribution in [2.45, 2.75) is 40.2 Å². The van der Waals surface area contributed by atoms with Gasteiger partial charge in [-0.25, -0.2) is 13.8 Å². The predicted octanol–water partition coefficient (Wildman–Crippen LogP) is 7.17. The van der Waals surface area contributed by atoms with Crippen molar-refractivity contribution in [2.75, 3.05) is 14.2 Å². The van der Waals surface area contributed by atoms with E-state index >= 15 is 4.39 Å². The number of halogens is 2. The monoisotopic (exact) mass is 599 g/mol. The highest BCUT2D eigenvalue weighted by molar-refractivity contribution is 5.98. The largest absolute Gasteiger partial charge is 0.491 e. The number of benzene rings is 2. The summed E-state index contributed by atoms with van der Waals surface area (Å²) < 4.78 is 47.4. The summed E-state index contributed by atoms with van der Waals surface area (Å²) in [6.45, 7) is 7.40. The zero-order valence-corrected chi connectivity index (χ0v) is 25.2. The van der Waals surface area contributed by atoms with Gasteiger partial charge in [0, 0.05) is 48.2 Å². The number of aromatic nitrogens is 3. The first-order chi connectivity index (χ1) is 21.0. The standard InChI is InChI=1S/C34H31F2N3O5/c1-18(2)39-17-24(33(41)31(20(39)4)23-9-8-22(35)13-19(23)3)27(40)15-21-7-10-28(25(36)14-21)44-29-11-12-37-26-16-30(42-5)34(43-6)38-32(26)29/h7-14,16-18H,15H2,1-6H3. The van der Waals surface area contributed by atoms with E-state index in [1.807, 2.05) is 18.4 Å². The Morgan fingerprint density at radius 3 is 2.39 bits per heavy atom. The van der Waals surface area contributed by atoms with Gasteiger partial charge in [0.15, 0.2) is 34.3 Å². The fourth-order valence-corrected chi connectivity index (χ4v) is 5.21. The minimum Gasteiger partial charge on any atom is -0.491 e. The first-order valence-corrected chi connectivity index (χ1v) is 13.9. The van der Waals surface area contributed by atoms with Crippen LogP contribution in [0.2, 0.25) is 0 Å². The maximum atomic E-state index is 15.3. The van der Waals surface area contributed by atoms with Crippen LogP contribution in [0.25, 0.3) is 22.2 Å². The van der Waals surface area contributed by atoms with E-state index in [0.29, 0.717) is 44.7 Å². The molecule has 0 atom stereocenters. The van der Waals surface area contributed by atoms with Gasteiger partial charge in [0.05, 0.1) is 25.3 Å². The summed E-state index contributed by atoms with van der Waals surface area (Å²) in [7, 11) is 2.93. The summed E-state index contributed by atoms with van der Waals surface area (Å²) in [6.07, 6.45) is 2.83. The Morgan fingerprint density at radius 1 is 0.955 bits per heavy atom. The molecule has 0 aliphatic heterocycles. The molecule has 0 aliphatic carbocycles. The number of fused-ring (bicyclic) bond motifs is 1. The van der Waals surface area contributed by atoms with E-state index in [-0.39, 0.29) is 35.4 Å². The molecule has 5 rings (SSSR count). The fourth-order valence-electron chi connectivity index (χ4n) is 5.21. The van der Waals surface area contributed by atoms with Crippen LogP contribution in [0.5, 0.6) is 23.1 Å². The average molecular weight is 600 g/mol. The van der Waals surface area contributed by atoms with Crippen LogP contribution in [0, 0.1) is 25.5 Å². The lowest BCUT2D eigenvalue weighted by Gasteiger charge is -2.20. The van der Waals surface area contributed by atoms with Crippen molar-refractivity contribution in [3.63, 3.8) is 0 Å². The number of aryl methyl sites for hydroxylation is 1. The molecule has 5 aromatic rings. The molecule has 0 spiro atoms. The highest BCUT2D eigenvalue weighted by Crippen LogP contribution is 2.35. The van der Waals surface area contributed by atoms with Crippen LogP contribution >= 0.6 is 0 Å². The van der Waals surface area contributed by atoms with E-state index in [9.17, 15) is 14.0 Å². The lowest BCUT2D eigenvalue weighted by molar-refractivity contribution is 0.0991. The van der Waals surface area contributed by atoms with Crippen LogP contribution in [0.3, 0.4) is 0 Å². The highest BCUT2D eigenvalue weighted by Gasteiger charge is 2.22. The normalized spacial score (nSPS) is 11.2. The SMILES string of the molecule is COc1cc2nccc(Oc3ccc(CC(=O)c4cn(C(C)C)c(C)c(-c5ccc(F)cc5C)c4=O)cc3F)c2nc1OC. The summed E-state index contributed by atoms with van der Waals surface area (Å²) in [5, 5.41) is 0. The summed E-state index contributed by atoms with van der Waals surface area (Å²) in [6, 6.07) is 11.5. The van der Waals surface area contributed by atoms with Crippen LogP contribution in [0.4, 0.5) is 8.78 Å². The zero-order valence-electron chi connectivity index (χ0n) is 25.2. The number of ketones is 1. The number of Topliss-reactive ketones (excluding diaryl/α,β-unsaturated/α-hetero) is 1. The van der Waals surface area contributed by atoms with Crippen LogP contribution in [-0.4, -0.2) is 34.5 Å². The molecule has 8 nitrogen and oxygen atoms in total. The quantitative estimate of drug-likeness (QED) is 0.166. The number of nitrogens with zero attached hydrogens (tertiary/aromatic N) is 3. The molecular formula is C34H31F2N3O5. The minimum atomic E-state index is -0.702. The van der Waals surface area contributed by atoms with Crippen molar-refractivity contribution in [3.8, 4) is 34.3 Å². The van der Waals surface area contributed by atoms with Crippen molar-refractivity contribution in [3.05, 3.63) is 105 Å². The maximum Gasteiger partial charge on any atom is 0.257 e. The molecule has 0 amide bonds. The molecule has 0 aliphatic rings. The third-order valence-corrected chi connectivity index (χ3v) is 7.41. The van der Waals surface area contributed by atoms with E-state index < -0.39 is 22.8 Å². The molecule has 0 radical (unpaired) electrons. The van der Waals surface area contributed by atoms with Gasteiger partial charge in [-0.05, 0) is 68.7 Å². The van der Waals surface area contributed by atoms with Crippen molar-refractivity contribution < 1.29 is 27.8 Å². The Hall–Kier alpha value is -5.12. The minimum absolute atomic E-state index is 0.0255. The number of carbonyl (C=O) groups is 1. The van der Waals surface area contributed by atoms with Gasteiger partial charge in [-0.1, -0.05) is 12.1 Å². The molecule has 226 valence electrons. The van der Waals surface area contributed by atoms with E-state index in [2.05, 4.69) is 9.97 Å². The third-order valence-electron chi connectivity index (χ3n) is 7.41. The van der Waals surface area contributed by atoms with Crippen molar-refractivity contribution in [1.82, 2.24) is 14.5 Å². The van der Waals surface area contributed by atoms with E-state index in [1.54, 1.807) is 44.3 Å². The van der Waals surface area contributed by atoms with Gasteiger partial charge in [-0.15, -0.1) is 0 Å². The summed E-state index contributed by atoms with van der Waals surface area (Å²) in [5.41, 5.74) is 2.82. The van der Waals surface area contributed by atoms with E-state index in [4.69, 9.17) is 14.2 Å². The average Bonchev–Trinajstić information content (AvgIpc) is 2.98. The molecule has 0 bridgehead atoms. The van der Waals surface area contributed by atoms with Gasteiger partial charge in [0.25, 0.3) is 5.88 Å². The third kappa shape index (κ3) is 5.75. The smallest absolute Gasteiger partial charge is 0.257 e. The molecular weight excluding hydrogens is 568 g/mol. The lowest BCUT2D eigenvalue weighted by atomic mass is 9.94. The van der Waals surface area contributed by atoms with Gasteiger partial charge < -0.3 is 18.8 Å². The lowest BCUT2D eigenvalue weighted by Crippen LogP contribution is -2.24. The number of ether oxygens (including phenoxy) is 3. The Kier molecular flexibility index (Phi) is 8.44. The molecule has 3 aromatic heterocycles. The first-order valence-electron chi connectivity index (χ1n) is 13.9. The number of hydrogen-bond donors (Lipinski definition) is 0. The van der Waals surface area contributed by atoms with Crippen LogP contribution in [0.1, 0.15) is 47.1 Å². The predicted molar refractivity (Wildman–Crippen MR) is 163 cm³/mol. The highest BCUT2D eigenvalue weighted by atomic mass is 19.1. The molecule has 0 N–H and O–H groups in total. The van der Waals surface area contributed by atoms with Gasteiger partial charge in [-0.2, -0.15) is 0 Å². The summed E-state index contributed by atoms with van der Waals surface area (Å²) in [5.74, 6) is -0.817. The van der Waals surface area contributed by atoms with Crippen molar-refractivity contribution in [2.24, 2.45) is 0 Å². The molecule has 0 saturated carbocycles. The number of pyridine rings is 3. The molecule has 2 aromatic carbocycles. The van der Waals surface area contributed by atoms with Crippen LogP contribution in [-0.2, 0) is 6.42 Å². The van der Waals surface area contributed by atoms with Crippen molar-refractivity contribution >= 4 is 16.8 Å². The van der Waals surface area contributed by atoms with E-state index in [1.165, 1.54) is 44.7 Å². The topological polar surface area (TPSA) is 92.5 Å². The van der Waals surface area contributed by atoms with E-state index in [0.717, 1.165) is 0 Å². The first kappa shape index (κ1) is 30.3. The molecule has 10 heteroatoms.